The topological polar surface area (TPSA) is 93.4 Å². The Morgan fingerprint density at radius 3 is 2.77 bits per heavy atom. The van der Waals surface area contributed by atoms with Gasteiger partial charge in [0.15, 0.2) is 0 Å². The van der Waals surface area contributed by atoms with Crippen molar-refractivity contribution >= 4 is 16.7 Å². The molecule has 4 aromatic heterocycles. The number of pyridine rings is 3. The summed E-state index contributed by atoms with van der Waals surface area (Å²) >= 11 is 0. The van der Waals surface area contributed by atoms with E-state index in [9.17, 15) is 0 Å². The molecule has 0 aliphatic rings. The highest BCUT2D eigenvalue weighted by Gasteiger charge is 2.11. The molecule has 4 rings (SSSR count). The van der Waals surface area contributed by atoms with E-state index in [1.165, 1.54) is 0 Å². The third-order valence-corrected chi connectivity index (χ3v) is 3.42. The van der Waals surface area contributed by atoms with Gasteiger partial charge in [-0.1, -0.05) is 6.07 Å². The van der Waals surface area contributed by atoms with Crippen molar-refractivity contribution in [3.63, 3.8) is 0 Å². The Bertz CT molecular complexity index is 945. The number of rotatable bonds is 2. The number of nitrogens with zero attached hydrogens (tertiary/aromatic N) is 4. The molecular weight excluding hydrogens is 276 g/mol. The van der Waals surface area contributed by atoms with Crippen molar-refractivity contribution in [3.8, 4) is 22.6 Å². The molecule has 0 unspecified atom stereocenters. The summed E-state index contributed by atoms with van der Waals surface area (Å²) in [4.78, 5) is 12.9. The maximum Gasteiger partial charge on any atom is 0.124 e. The molecule has 0 atom stereocenters. The van der Waals surface area contributed by atoms with Crippen LogP contribution in [0.5, 0.6) is 0 Å². The molecule has 4 aromatic rings. The lowest BCUT2D eigenvalue weighted by Gasteiger charge is -2.02. The molecule has 6 heteroatoms. The molecule has 0 aliphatic carbocycles. The van der Waals surface area contributed by atoms with Crippen LogP contribution in [0, 0.1) is 0 Å². The SMILES string of the molecule is Nc1cccc(-c2n[nH]c3cnc(-c4cccnc4)cc23)n1. The van der Waals surface area contributed by atoms with Crippen molar-refractivity contribution in [2.24, 2.45) is 0 Å². The molecule has 0 amide bonds. The number of hydrogen-bond acceptors (Lipinski definition) is 5. The summed E-state index contributed by atoms with van der Waals surface area (Å²) < 4.78 is 0. The molecule has 0 fully saturated rings. The Kier molecular flexibility index (Phi) is 2.79. The minimum absolute atomic E-state index is 0.468. The van der Waals surface area contributed by atoms with Gasteiger partial charge >= 0.3 is 0 Å². The van der Waals surface area contributed by atoms with E-state index in [2.05, 4.69) is 25.1 Å². The number of nitrogen functional groups attached to an aromatic ring is 1. The Balaban J connectivity index is 1.91. The monoisotopic (exact) mass is 288 g/mol. The van der Waals surface area contributed by atoms with Crippen LogP contribution in [-0.4, -0.2) is 25.1 Å². The first kappa shape index (κ1) is 12.5. The van der Waals surface area contributed by atoms with Crippen molar-refractivity contribution in [2.75, 3.05) is 5.73 Å². The first-order valence-corrected chi connectivity index (χ1v) is 6.79. The quantitative estimate of drug-likeness (QED) is 0.591. The number of fused-ring (bicyclic) bond motifs is 1. The van der Waals surface area contributed by atoms with Crippen LogP contribution in [0.2, 0.25) is 0 Å². The highest BCUT2D eigenvalue weighted by atomic mass is 15.1. The zero-order valence-electron chi connectivity index (χ0n) is 11.6. The van der Waals surface area contributed by atoms with Gasteiger partial charge in [-0.3, -0.25) is 15.1 Å². The molecule has 3 N–H and O–H groups in total. The van der Waals surface area contributed by atoms with Gasteiger partial charge in [0.2, 0.25) is 0 Å². The Labute approximate surface area is 126 Å². The Morgan fingerprint density at radius 1 is 1.00 bits per heavy atom. The fourth-order valence-electron chi connectivity index (χ4n) is 2.37. The first-order valence-electron chi connectivity index (χ1n) is 6.79. The highest BCUT2D eigenvalue weighted by molar-refractivity contribution is 5.93. The minimum Gasteiger partial charge on any atom is -0.384 e. The van der Waals surface area contributed by atoms with E-state index in [1.807, 2.05) is 30.3 Å². The van der Waals surface area contributed by atoms with Crippen LogP contribution in [0.25, 0.3) is 33.5 Å². The van der Waals surface area contributed by atoms with Gasteiger partial charge in [-0.05, 0) is 30.3 Å². The van der Waals surface area contributed by atoms with E-state index in [-0.39, 0.29) is 0 Å². The smallest absolute Gasteiger partial charge is 0.124 e. The lowest BCUT2D eigenvalue weighted by molar-refractivity contribution is 1.11. The molecule has 22 heavy (non-hydrogen) atoms. The molecule has 4 heterocycles. The normalized spacial score (nSPS) is 10.9. The standard InChI is InChI=1S/C16H12N6/c17-15-5-1-4-12(20-15)16-11-7-13(10-3-2-6-18-8-10)19-9-14(11)21-22-16/h1-9H,(H2,17,20)(H,21,22). The van der Waals surface area contributed by atoms with Crippen molar-refractivity contribution in [1.29, 1.82) is 0 Å². The second-order valence-electron chi connectivity index (χ2n) is 4.88. The molecular formula is C16H12N6. The average Bonchev–Trinajstić information content (AvgIpc) is 2.99. The van der Waals surface area contributed by atoms with Crippen LogP contribution in [0.15, 0.2) is 55.0 Å². The zero-order valence-corrected chi connectivity index (χ0v) is 11.6. The first-order chi connectivity index (χ1) is 10.8. The van der Waals surface area contributed by atoms with Crippen molar-refractivity contribution in [2.45, 2.75) is 0 Å². The van der Waals surface area contributed by atoms with Crippen molar-refractivity contribution in [3.05, 3.63) is 55.0 Å². The van der Waals surface area contributed by atoms with Crippen LogP contribution in [0.1, 0.15) is 0 Å². The summed E-state index contributed by atoms with van der Waals surface area (Å²) in [6.45, 7) is 0. The van der Waals surface area contributed by atoms with Crippen LogP contribution < -0.4 is 5.73 Å². The predicted molar refractivity (Wildman–Crippen MR) is 84.8 cm³/mol. The van der Waals surface area contributed by atoms with Crippen LogP contribution in [-0.2, 0) is 0 Å². The van der Waals surface area contributed by atoms with E-state index in [4.69, 9.17) is 5.73 Å². The summed E-state index contributed by atoms with van der Waals surface area (Å²) in [6.07, 6.45) is 5.29. The molecule has 0 aliphatic heterocycles. The summed E-state index contributed by atoms with van der Waals surface area (Å²) in [6, 6.07) is 11.3. The van der Waals surface area contributed by atoms with Crippen LogP contribution in [0.4, 0.5) is 5.82 Å². The van der Waals surface area contributed by atoms with E-state index in [0.29, 0.717) is 5.82 Å². The van der Waals surface area contributed by atoms with Gasteiger partial charge in [-0.15, -0.1) is 0 Å². The van der Waals surface area contributed by atoms with Crippen molar-refractivity contribution in [1.82, 2.24) is 25.1 Å². The fourth-order valence-corrected chi connectivity index (χ4v) is 2.37. The number of hydrogen-bond donors (Lipinski definition) is 2. The van der Waals surface area contributed by atoms with Gasteiger partial charge in [-0.25, -0.2) is 4.98 Å². The molecule has 6 nitrogen and oxygen atoms in total. The molecule has 106 valence electrons. The van der Waals surface area contributed by atoms with Gasteiger partial charge in [0.05, 0.1) is 23.1 Å². The van der Waals surface area contributed by atoms with Gasteiger partial charge in [0.1, 0.15) is 11.5 Å². The molecule has 0 saturated carbocycles. The van der Waals surface area contributed by atoms with Gasteiger partial charge in [0.25, 0.3) is 0 Å². The van der Waals surface area contributed by atoms with Crippen molar-refractivity contribution < 1.29 is 0 Å². The Morgan fingerprint density at radius 2 is 1.95 bits per heavy atom. The maximum absolute atomic E-state index is 5.76. The summed E-state index contributed by atoms with van der Waals surface area (Å²) in [7, 11) is 0. The maximum atomic E-state index is 5.76. The molecule has 0 saturated heterocycles. The van der Waals surface area contributed by atoms with E-state index < -0.39 is 0 Å². The third kappa shape index (κ3) is 2.07. The largest absolute Gasteiger partial charge is 0.384 e. The van der Waals surface area contributed by atoms with Crippen LogP contribution >= 0.6 is 0 Å². The van der Waals surface area contributed by atoms with E-state index >= 15 is 0 Å². The summed E-state index contributed by atoms with van der Waals surface area (Å²) in [5.74, 6) is 0.468. The highest BCUT2D eigenvalue weighted by Crippen LogP contribution is 2.28. The molecule has 0 spiro atoms. The van der Waals surface area contributed by atoms with Gasteiger partial charge in [0, 0.05) is 23.3 Å². The number of nitrogens with one attached hydrogen (secondary N) is 1. The van der Waals surface area contributed by atoms with E-state index in [0.717, 1.165) is 33.5 Å². The third-order valence-electron chi connectivity index (χ3n) is 3.42. The Hall–Kier alpha value is -3.28. The molecule has 0 radical (unpaired) electrons. The lowest BCUT2D eigenvalue weighted by Crippen LogP contribution is -1.92. The predicted octanol–water partition coefficient (Wildman–Crippen LogP) is 2.66. The fraction of sp³-hybridized carbons (Fsp3) is 0. The number of H-pyrrole nitrogens is 1. The lowest BCUT2D eigenvalue weighted by atomic mass is 10.1. The minimum atomic E-state index is 0.468. The number of aromatic amines is 1. The number of anilines is 1. The van der Waals surface area contributed by atoms with Gasteiger partial charge < -0.3 is 5.73 Å². The second kappa shape index (κ2) is 4.92. The zero-order chi connectivity index (χ0) is 14.9. The second-order valence-corrected chi connectivity index (χ2v) is 4.88. The average molecular weight is 288 g/mol. The van der Waals surface area contributed by atoms with E-state index in [1.54, 1.807) is 24.7 Å². The van der Waals surface area contributed by atoms with Gasteiger partial charge in [-0.2, -0.15) is 5.10 Å². The van der Waals surface area contributed by atoms with Crippen LogP contribution in [0.3, 0.4) is 0 Å². The molecule has 0 aromatic carbocycles. The number of aromatic nitrogens is 5. The molecule has 0 bridgehead atoms. The number of nitrogens with two attached hydrogens (primary N) is 1. The summed E-state index contributed by atoms with van der Waals surface area (Å²) in [5.41, 5.74) is 9.90. The summed E-state index contributed by atoms with van der Waals surface area (Å²) in [5, 5.41) is 8.27.